The van der Waals surface area contributed by atoms with E-state index in [9.17, 15) is 0 Å². The van der Waals surface area contributed by atoms with Crippen LogP contribution in [-0.2, 0) is 15.8 Å². The molecule has 14 N–H and O–H groups in total. The standard InChI is InChI=1S/2C4H11NO2.6H2O.Pt/c2*6-3-1-5-2-4-7;;;;;;;/h2*5-7H,1-4H2;6*1H2;/q;;;;;;;;+4/p-4. The van der Waals surface area contributed by atoms with Gasteiger partial charge in [-0.25, -0.2) is 0 Å². The number of rotatable bonds is 8. The first-order valence-electron chi connectivity index (χ1n) is 5.75. The summed E-state index contributed by atoms with van der Waals surface area (Å²) >= 11 is -8.12. The zero-order chi connectivity index (χ0) is 17.5. The Morgan fingerprint density at radius 3 is 0.714 bits per heavy atom. The summed E-state index contributed by atoms with van der Waals surface area (Å²) in [6, 6.07) is 0. The molecule has 0 aliphatic carbocycles. The molecule has 0 aliphatic heterocycles. The summed E-state index contributed by atoms with van der Waals surface area (Å²) in [4.78, 5) is 0. The van der Waals surface area contributed by atoms with E-state index in [1.54, 1.807) is 0 Å². The molecule has 13 heteroatoms. The Labute approximate surface area is 122 Å². The van der Waals surface area contributed by atoms with Crippen molar-refractivity contribution in [3.63, 3.8) is 0 Å². The fourth-order valence-electron chi connectivity index (χ4n) is 0.654. The molecule has 0 saturated heterocycles. The van der Waals surface area contributed by atoms with Crippen LogP contribution in [0, 0.1) is 0 Å². The van der Waals surface area contributed by atoms with Gasteiger partial charge in [0.25, 0.3) is 0 Å². The summed E-state index contributed by atoms with van der Waals surface area (Å²) < 4.78 is 44.5. The molecule has 0 bridgehead atoms. The normalized spacial score (nSPS) is 14.0. The first-order chi connectivity index (χ1) is 9.28. The third-order valence-corrected chi connectivity index (χ3v) is 1.33. The van der Waals surface area contributed by atoms with Gasteiger partial charge in [-0.1, -0.05) is 0 Å². The molecular weight excluding hydrogens is 479 g/mol. The predicted octanol–water partition coefficient (Wildman–Crippen LogP) is -8.28. The summed E-state index contributed by atoms with van der Waals surface area (Å²) in [6.07, 6.45) is 0. The molecule has 0 unspecified atom stereocenters. The van der Waals surface area contributed by atoms with Gasteiger partial charge in [-0.15, -0.1) is 0 Å². The first kappa shape index (κ1) is 26.1. The van der Waals surface area contributed by atoms with Crippen molar-refractivity contribution in [2.75, 3.05) is 52.6 Å². The Kier molecular flexibility index (Phi) is 14.6. The summed E-state index contributed by atoms with van der Waals surface area (Å²) in [5.74, 6) is 0. The fraction of sp³-hybridized carbons (Fsp3) is 1.00. The second-order valence-corrected chi connectivity index (χ2v) is 10.4. The number of quaternary nitrogens is 2. The van der Waals surface area contributed by atoms with Crippen molar-refractivity contribution in [3.8, 4) is 0 Å². The second-order valence-electron chi connectivity index (χ2n) is 3.58. The maximum absolute atomic E-state index is 8.18. The van der Waals surface area contributed by atoms with Gasteiger partial charge in [-0.2, -0.15) is 0 Å². The van der Waals surface area contributed by atoms with Crippen LogP contribution in [0.3, 0.4) is 0 Å². The van der Waals surface area contributed by atoms with Gasteiger partial charge in [0.15, 0.2) is 0 Å². The van der Waals surface area contributed by atoms with Crippen molar-refractivity contribution in [2.24, 2.45) is 0 Å². The van der Waals surface area contributed by atoms with E-state index in [0.29, 0.717) is 26.2 Å². The van der Waals surface area contributed by atoms with Gasteiger partial charge >= 0.3 is 38.4 Å². The molecule has 0 radical (unpaired) electrons. The first-order valence-corrected chi connectivity index (χ1v) is 11.8. The summed E-state index contributed by atoms with van der Waals surface area (Å²) in [5.41, 5.74) is 0. The Balaban J connectivity index is -0.000000231. The summed E-state index contributed by atoms with van der Waals surface area (Å²) in [5, 5.41) is 36.4. The Morgan fingerprint density at radius 2 is 0.619 bits per heavy atom. The molecule has 12 nitrogen and oxygen atoms in total. The van der Waals surface area contributed by atoms with Crippen LogP contribution in [-0.4, -0.2) is 95.6 Å². The van der Waals surface area contributed by atoms with Crippen LogP contribution in [0.4, 0.5) is 0 Å². The number of aliphatic hydroxyl groups is 4. The van der Waals surface area contributed by atoms with Crippen molar-refractivity contribution in [2.45, 2.75) is 0 Å². The van der Waals surface area contributed by atoms with Crippen molar-refractivity contribution >= 4 is 0 Å². The minimum atomic E-state index is -8.12. The van der Waals surface area contributed by atoms with E-state index >= 15 is 0 Å². The average molecular weight is 509 g/mol. The summed E-state index contributed by atoms with van der Waals surface area (Å²) in [7, 11) is 0. The van der Waals surface area contributed by atoms with Gasteiger partial charge in [0.1, 0.15) is 0 Å². The molecule has 0 rings (SSSR count). The Morgan fingerprint density at radius 1 is 0.476 bits per heavy atom. The molecule has 0 spiro atoms. The van der Waals surface area contributed by atoms with E-state index in [0.717, 1.165) is 0 Å². The van der Waals surface area contributed by atoms with Crippen LogP contribution >= 0.6 is 0 Å². The third kappa shape index (κ3) is 99.4. The van der Waals surface area contributed by atoms with Crippen molar-refractivity contribution in [1.29, 1.82) is 0 Å². The number of hydrogen-bond acceptors (Lipinski definition) is 10. The van der Waals surface area contributed by atoms with Gasteiger partial charge in [0.05, 0.1) is 52.6 Å². The van der Waals surface area contributed by atoms with Crippen LogP contribution < -0.4 is 10.6 Å². The molecule has 0 aliphatic rings. The van der Waals surface area contributed by atoms with Gasteiger partial charge < -0.3 is 31.1 Å². The molecule has 0 amide bonds. The van der Waals surface area contributed by atoms with Crippen molar-refractivity contribution in [1.82, 2.24) is 0 Å². The van der Waals surface area contributed by atoms with E-state index in [4.69, 9.17) is 43.0 Å². The molecule has 0 saturated carbocycles. The topological polar surface area (TPSA) is 236 Å². The second kappa shape index (κ2) is 11.7. The molecule has 0 aromatic carbocycles. The molecule has 21 heavy (non-hydrogen) atoms. The predicted molar refractivity (Wildman–Crippen MR) is 65.0 cm³/mol. The zero-order valence-corrected chi connectivity index (χ0v) is 13.9. The van der Waals surface area contributed by atoms with Crippen LogP contribution in [0.25, 0.3) is 0 Å². The molecule has 0 fully saturated rings. The van der Waals surface area contributed by atoms with Gasteiger partial charge in [-0.3, -0.25) is 0 Å². The van der Waals surface area contributed by atoms with Crippen LogP contribution in [0.1, 0.15) is 0 Å². The van der Waals surface area contributed by atoms with E-state index < -0.39 is 15.8 Å². The zero-order valence-electron chi connectivity index (χ0n) is 11.6. The van der Waals surface area contributed by atoms with E-state index in [2.05, 4.69) is 0 Å². The van der Waals surface area contributed by atoms with Gasteiger partial charge in [0, 0.05) is 0 Å². The fourth-order valence-corrected chi connectivity index (χ4v) is 0.654. The minimum absolute atomic E-state index is 0.194. The summed E-state index contributed by atoms with van der Waals surface area (Å²) in [6.45, 7) is 3.56. The quantitative estimate of drug-likeness (QED) is 0.138. The number of nitrogens with two attached hydrogens (primary N) is 2. The number of hydrogen-bond donors (Lipinski definition) is 12. The van der Waals surface area contributed by atoms with Crippen molar-refractivity contribution in [3.05, 3.63) is 0 Å². The monoisotopic (exact) mass is 509 g/mol. The SMILES string of the molecule is OCC[NH2+]CCO.OCC[NH2+]CCO.[OH][Pt-2]([OH])([OH])([OH])([OH])[OH]. The van der Waals surface area contributed by atoms with Crippen LogP contribution in [0.15, 0.2) is 0 Å². The van der Waals surface area contributed by atoms with Crippen molar-refractivity contribution < 1.29 is 69.5 Å². The Hall–Kier alpha value is 0.208. The molecule has 142 valence electrons. The van der Waals surface area contributed by atoms with Gasteiger partial charge in [0.2, 0.25) is 0 Å². The van der Waals surface area contributed by atoms with E-state index in [1.807, 2.05) is 10.6 Å². The molecule has 0 atom stereocenters. The van der Waals surface area contributed by atoms with E-state index in [-0.39, 0.29) is 26.4 Å². The third-order valence-electron chi connectivity index (χ3n) is 1.33. The molecular formula is C8H30N2O10Pt. The Bertz CT molecular complexity index is 189. The molecule has 0 heterocycles. The van der Waals surface area contributed by atoms with Crippen LogP contribution in [0.5, 0.6) is 0 Å². The van der Waals surface area contributed by atoms with E-state index in [1.165, 1.54) is 0 Å². The molecule has 0 aromatic rings. The molecule has 0 aromatic heterocycles. The van der Waals surface area contributed by atoms with Gasteiger partial charge in [-0.05, 0) is 0 Å². The number of aliphatic hydroxyl groups excluding tert-OH is 4. The average Bonchev–Trinajstić information content (AvgIpc) is 2.27. The maximum atomic E-state index is 8.18. The van der Waals surface area contributed by atoms with Crippen LogP contribution in [0.2, 0.25) is 0 Å².